The Labute approximate surface area is 125 Å². The zero-order valence-electron chi connectivity index (χ0n) is 10.7. The first-order chi connectivity index (χ1) is 9.71. The van der Waals surface area contributed by atoms with Gasteiger partial charge in [-0.1, -0.05) is 23.4 Å². The lowest BCUT2D eigenvalue weighted by molar-refractivity contribution is -0.121. The van der Waals surface area contributed by atoms with Crippen LogP contribution < -0.4 is 0 Å². The van der Waals surface area contributed by atoms with Gasteiger partial charge in [-0.25, -0.2) is 4.98 Å². The van der Waals surface area contributed by atoms with Crippen LogP contribution >= 0.6 is 23.4 Å². The van der Waals surface area contributed by atoms with Crippen LogP contribution in [0.4, 0.5) is 0 Å². The standard InChI is InChI=1S/C13H14ClN3O2S/c14-10-3-1-9(2-4-10)11-15-12(17-16-11)20-8-13(5-18)6-19-7-13/h1-4,18H,5-8H2,(H,15,16,17). The molecule has 5 nitrogen and oxygen atoms in total. The Morgan fingerprint density at radius 2 is 2.10 bits per heavy atom. The van der Waals surface area contributed by atoms with Crippen molar-refractivity contribution in [2.45, 2.75) is 5.16 Å². The van der Waals surface area contributed by atoms with Gasteiger partial charge in [0, 0.05) is 21.8 Å². The van der Waals surface area contributed by atoms with Crippen molar-refractivity contribution in [1.82, 2.24) is 15.2 Å². The molecule has 3 rings (SSSR count). The summed E-state index contributed by atoms with van der Waals surface area (Å²) in [6.07, 6.45) is 0. The number of thioether (sulfide) groups is 1. The molecule has 20 heavy (non-hydrogen) atoms. The average molecular weight is 312 g/mol. The first kappa shape index (κ1) is 13.9. The monoisotopic (exact) mass is 311 g/mol. The second-order valence-corrected chi connectivity index (χ2v) is 6.29. The number of benzene rings is 1. The van der Waals surface area contributed by atoms with Crippen LogP contribution in [0.5, 0.6) is 0 Å². The van der Waals surface area contributed by atoms with E-state index in [0.717, 1.165) is 11.3 Å². The molecule has 1 saturated heterocycles. The van der Waals surface area contributed by atoms with E-state index in [1.807, 2.05) is 24.3 Å². The van der Waals surface area contributed by atoms with Crippen molar-refractivity contribution >= 4 is 23.4 Å². The molecule has 0 radical (unpaired) electrons. The highest BCUT2D eigenvalue weighted by atomic mass is 35.5. The topological polar surface area (TPSA) is 71.0 Å². The van der Waals surface area contributed by atoms with Crippen LogP contribution in [0.15, 0.2) is 29.4 Å². The van der Waals surface area contributed by atoms with E-state index in [9.17, 15) is 5.11 Å². The smallest absolute Gasteiger partial charge is 0.208 e. The van der Waals surface area contributed by atoms with Crippen LogP contribution in [0.1, 0.15) is 0 Å². The number of aromatic amines is 1. The van der Waals surface area contributed by atoms with Crippen molar-refractivity contribution in [2.24, 2.45) is 5.41 Å². The van der Waals surface area contributed by atoms with Gasteiger partial charge in [0.25, 0.3) is 0 Å². The predicted octanol–water partition coefficient (Wildman–Crippen LogP) is 2.23. The number of aliphatic hydroxyl groups is 1. The Kier molecular flexibility index (Phi) is 3.98. The maximum Gasteiger partial charge on any atom is 0.208 e. The molecule has 0 unspecified atom stereocenters. The third-order valence-electron chi connectivity index (χ3n) is 3.24. The van der Waals surface area contributed by atoms with Gasteiger partial charge >= 0.3 is 0 Å². The Balaban J connectivity index is 1.66. The molecule has 2 N–H and O–H groups in total. The average Bonchev–Trinajstić information content (AvgIpc) is 2.88. The van der Waals surface area contributed by atoms with Crippen LogP contribution in [-0.2, 0) is 4.74 Å². The fourth-order valence-corrected chi connectivity index (χ4v) is 2.96. The molecule has 0 bridgehead atoms. The molecule has 7 heteroatoms. The number of hydrogen-bond acceptors (Lipinski definition) is 5. The highest BCUT2D eigenvalue weighted by Gasteiger charge is 2.38. The summed E-state index contributed by atoms with van der Waals surface area (Å²) in [6.45, 7) is 1.34. The summed E-state index contributed by atoms with van der Waals surface area (Å²) in [7, 11) is 0. The van der Waals surface area contributed by atoms with Crippen molar-refractivity contribution in [2.75, 3.05) is 25.6 Å². The van der Waals surface area contributed by atoms with E-state index in [-0.39, 0.29) is 12.0 Å². The molecule has 0 saturated carbocycles. The molecule has 1 aliphatic heterocycles. The number of nitrogens with one attached hydrogen (secondary N) is 1. The van der Waals surface area contributed by atoms with Gasteiger partial charge in [-0.3, -0.25) is 5.10 Å². The molecule has 2 heterocycles. The molecule has 1 aromatic heterocycles. The fourth-order valence-electron chi connectivity index (χ4n) is 1.88. The number of rotatable bonds is 5. The van der Waals surface area contributed by atoms with E-state index in [1.165, 1.54) is 11.8 Å². The van der Waals surface area contributed by atoms with E-state index >= 15 is 0 Å². The number of hydrogen-bond donors (Lipinski definition) is 2. The van der Waals surface area contributed by atoms with Gasteiger partial charge in [0.05, 0.1) is 19.8 Å². The van der Waals surface area contributed by atoms with Crippen molar-refractivity contribution in [3.8, 4) is 11.4 Å². The lowest BCUT2D eigenvalue weighted by Gasteiger charge is -2.39. The normalized spacial score (nSPS) is 16.9. The number of nitrogens with zero attached hydrogens (tertiary/aromatic N) is 2. The van der Waals surface area contributed by atoms with Gasteiger partial charge in [0.2, 0.25) is 5.16 Å². The van der Waals surface area contributed by atoms with Crippen LogP contribution in [0.3, 0.4) is 0 Å². The highest BCUT2D eigenvalue weighted by molar-refractivity contribution is 7.99. The molecular formula is C13H14ClN3O2S. The quantitative estimate of drug-likeness (QED) is 0.829. The van der Waals surface area contributed by atoms with E-state index < -0.39 is 0 Å². The molecule has 2 aromatic rings. The van der Waals surface area contributed by atoms with Crippen molar-refractivity contribution in [3.63, 3.8) is 0 Å². The summed E-state index contributed by atoms with van der Waals surface area (Å²) >= 11 is 7.38. The predicted molar refractivity (Wildman–Crippen MR) is 77.9 cm³/mol. The van der Waals surface area contributed by atoms with Gasteiger partial charge < -0.3 is 9.84 Å². The molecule has 0 atom stereocenters. The SMILES string of the molecule is OCC1(CSc2n[nH]c(-c3ccc(Cl)cc3)n2)COC1. The molecule has 1 fully saturated rings. The Hall–Kier alpha value is -1.08. The maximum absolute atomic E-state index is 9.37. The minimum absolute atomic E-state index is 0.133. The minimum atomic E-state index is -0.133. The molecule has 0 aliphatic carbocycles. The summed E-state index contributed by atoms with van der Waals surface area (Å²) in [5.41, 5.74) is 0.809. The van der Waals surface area contributed by atoms with E-state index in [4.69, 9.17) is 16.3 Å². The highest BCUT2D eigenvalue weighted by Crippen LogP contribution is 2.33. The van der Waals surface area contributed by atoms with Crippen molar-refractivity contribution < 1.29 is 9.84 Å². The Morgan fingerprint density at radius 3 is 2.70 bits per heavy atom. The first-order valence-electron chi connectivity index (χ1n) is 6.21. The minimum Gasteiger partial charge on any atom is -0.396 e. The zero-order valence-corrected chi connectivity index (χ0v) is 12.2. The third kappa shape index (κ3) is 2.83. The Morgan fingerprint density at radius 1 is 1.35 bits per heavy atom. The second-order valence-electron chi connectivity index (χ2n) is 4.91. The van der Waals surface area contributed by atoms with Crippen LogP contribution in [-0.4, -0.2) is 45.9 Å². The van der Waals surface area contributed by atoms with Crippen molar-refractivity contribution in [3.05, 3.63) is 29.3 Å². The maximum atomic E-state index is 9.37. The van der Waals surface area contributed by atoms with E-state index in [1.54, 1.807) is 0 Å². The van der Waals surface area contributed by atoms with Gasteiger partial charge in [-0.05, 0) is 24.3 Å². The van der Waals surface area contributed by atoms with Gasteiger partial charge in [0.1, 0.15) is 0 Å². The lowest BCUT2D eigenvalue weighted by Crippen LogP contribution is -2.47. The van der Waals surface area contributed by atoms with Gasteiger partial charge in [-0.15, -0.1) is 5.10 Å². The Bertz CT molecular complexity index is 578. The summed E-state index contributed by atoms with van der Waals surface area (Å²) in [5.74, 6) is 1.47. The number of aromatic nitrogens is 3. The largest absolute Gasteiger partial charge is 0.396 e. The van der Waals surface area contributed by atoms with Crippen LogP contribution in [0, 0.1) is 5.41 Å². The second kappa shape index (κ2) is 5.73. The number of H-pyrrole nitrogens is 1. The molecular weight excluding hydrogens is 298 g/mol. The van der Waals surface area contributed by atoms with Crippen LogP contribution in [0.25, 0.3) is 11.4 Å². The summed E-state index contributed by atoms with van der Waals surface area (Å²) < 4.78 is 5.17. The van der Waals surface area contributed by atoms with Gasteiger partial charge in [0.15, 0.2) is 5.82 Å². The molecule has 1 aromatic carbocycles. The summed E-state index contributed by atoms with van der Waals surface area (Å²) in [5, 5.41) is 17.8. The molecule has 106 valence electrons. The van der Waals surface area contributed by atoms with E-state index in [0.29, 0.717) is 29.2 Å². The summed E-state index contributed by atoms with van der Waals surface area (Å²) in [4.78, 5) is 4.44. The molecule has 0 spiro atoms. The number of halogens is 1. The fraction of sp³-hybridized carbons (Fsp3) is 0.385. The first-order valence-corrected chi connectivity index (χ1v) is 7.57. The lowest BCUT2D eigenvalue weighted by atomic mass is 9.90. The van der Waals surface area contributed by atoms with Crippen LogP contribution in [0.2, 0.25) is 5.02 Å². The third-order valence-corrected chi connectivity index (χ3v) is 4.69. The number of aliphatic hydroxyl groups excluding tert-OH is 1. The molecule has 0 amide bonds. The van der Waals surface area contributed by atoms with Crippen molar-refractivity contribution in [1.29, 1.82) is 0 Å². The zero-order chi connectivity index (χ0) is 14.0. The van der Waals surface area contributed by atoms with Gasteiger partial charge in [-0.2, -0.15) is 0 Å². The summed E-state index contributed by atoms with van der Waals surface area (Å²) in [6, 6.07) is 7.43. The van der Waals surface area contributed by atoms with E-state index in [2.05, 4.69) is 15.2 Å². The number of ether oxygens (including phenoxy) is 1. The molecule has 1 aliphatic rings.